The number of imidazole rings is 1. The first-order valence-electron chi connectivity index (χ1n) is 5.99. The molecule has 0 aliphatic rings. The molecular formula is C13H15N3O3. The van der Waals surface area contributed by atoms with E-state index in [9.17, 15) is 9.59 Å². The fraction of sp³-hybridized carbons (Fsp3) is 0.308. The van der Waals surface area contributed by atoms with Gasteiger partial charge < -0.3 is 15.0 Å². The van der Waals surface area contributed by atoms with Crippen LogP contribution in [0.25, 0.3) is 11.0 Å². The summed E-state index contributed by atoms with van der Waals surface area (Å²) in [6.45, 7) is 4.41. The molecule has 2 rings (SSSR count). The lowest BCUT2D eigenvalue weighted by molar-refractivity contribution is -0.121. The Balaban J connectivity index is 2.42. The van der Waals surface area contributed by atoms with Gasteiger partial charge in [-0.25, -0.2) is 9.78 Å². The van der Waals surface area contributed by atoms with E-state index in [0.717, 1.165) is 5.52 Å². The molecule has 0 unspecified atom stereocenters. The molecule has 19 heavy (non-hydrogen) atoms. The van der Waals surface area contributed by atoms with Gasteiger partial charge in [0.25, 0.3) is 0 Å². The van der Waals surface area contributed by atoms with Gasteiger partial charge in [-0.1, -0.05) is 0 Å². The van der Waals surface area contributed by atoms with E-state index in [1.807, 2.05) is 6.92 Å². The molecule has 0 radical (unpaired) electrons. The highest BCUT2D eigenvalue weighted by atomic mass is 16.4. The van der Waals surface area contributed by atoms with Crippen molar-refractivity contribution in [1.29, 1.82) is 0 Å². The average molecular weight is 261 g/mol. The maximum absolute atomic E-state index is 11.6. The number of fused-ring (bicyclic) bond motifs is 1. The first-order chi connectivity index (χ1) is 9.02. The third kappa shape index (κ3) is 2.57. The van der Waals surface area contributed by atoms with E-state index in [0.29, 0.717) is 17.9 Å². The lowest BCUT2D eigenvalue weighted by atomic mass is 10.2. The molecule has 0 spiro atoms. The number of nitrogens with one attached hydrogen (secondary N) is 1. The summed E-state index contributed by atoms with van der Waals surface area (Å²) in [6.07, 6.45) is 0. The number of hydrogen-bond donors (Lipinski definition) is 2. The maximum atomic E-state index is 11.6. The van der Waals surface area contributed by atoms with Crippen molar-refractivity contribution >= 4 is 22.9 Å². The number of likely N-dealkylation sites (N-methyl/N-ethyl adjacent to an activating group) is 1. The topological polar surface area (TPSA) is 84.2 Å². The number of aromatic nitrogens is 2. The molecule has 0 atom stereocenters. The van der Waals surface area contributed by atoms with Crippen molar-refractivity contribution in [3.63, 3.8) is 0 Å². The van der Waals surface area contributed by atoms with Gasteiger partial charge in [-0.3, -0.25) is 4.79 Å². The number of carboxylic acids is 1. The van der Waals surface area contributed by atoms with Gasteiger partial charge in [-0.05, 0) is 32.0 Å². The first kappa shape index (κ1) is 13.1. The van der Waals surface area contributed by atoms with Crippen molar-refractivity contribution < 1.29 is 14.7 Å². The van der Waals surface area contributed by atoms with Crippen LogP contribution in [0.4, 0.5) is 0 Å². The fourth-order valence-electron chi connectivity index (χ4n) is 1.98. The highest BCUT2D eigenvalue weighted by Gasteiger charge is 2.12. The Morgan fingerprint density at radius 3 is 2.79 bits per heavy atom. The summed E-state index contributed by atoms with van der Waals surface area (Å²) in [7, 11) is 0. The molecular weight excluding hydrogens is 246 g/mol. The van der Waals surface area contributed by atoms with E-state index in [1.165, 1.54) is 12.1 Å². The molecule has 1 amide bonds. The van der Waals surface area contributed by atoms with E-state index in [1.54, 1.807) is 17.6 Å². The molecule has 1 aromatic carbocycles. The summed E-state index contributed by atoms with van der Waals surface area (Å²) in [6, 6.07) is 4.71. The molecule has 0 aliphatic carbocycles. The van der Waals surface area contributed by atoms with Crippen molar-refractivity contribution in [2.75, 3.05) is 6.54 Å². The molecule has 2 N–H and O–H groups in total. The Bertz CT molecular complexity index is 646. The number of rotatable bonds is 4. The summed E-state index contributed by atoms with van der Waals surface area (Å²) in [5.41, 5.74) is 1.53. The molecule has 1 aromatic heterocycles. The van der Waals surface area contributed by atoms with E-state index in [2.05, 4.69) is 10.3 Å². The molecule has 6 nitrogen and oxygen atoms in total. The Hall–Kier alpha value is -2.37. The van der Waals surface area contributed by atoms with Crippen LogP contribution in [-0.2, 0) is 11.3 Å². The van der Waals surface area contributed by atoms with Gasteiger partial charge in [0.15, 0.2) is 0 Å². The Morgan fingerprint density at radius 2 is 2.16 bits per heavy atom. The number of carbonyl (C=O) groups excluding carboxylic acids is 1. The van der Waals surface area contributed by atoms with Gasteiger partial charge in [-0.2, -0.15) is 0 Å². The zero-order valence-electron chi connectivity index (χ0n) is 10.8. The van der Waals surface area contributed by atoms with Crippen LogP contribution in [0.15, 0.2) is 18.2 Å². The summed E-state index contributed by atoms with van der Waals surface area (Å²) in [5, 5.41) is 11.7. The van der Waals surface area contributed by atoms with Gasteiger partial charge in [0.2, 0.25) is 5.91 Å². The predicted octanol–water partition coefficient (Wildman–Crippen LogP) is 1.18. The summed E-state index contributed by atoms with van der Waals surface area (Å²) in [5.74, 6) is -0.395. The molecule has 100 valence electrons. The van der Waals surface area contributed by atoms with Gasteiger partial charge in [0, 0.05) is 6.54 Å². The summed E-state index contributed by atoms with van der Waals surface area (Å²) < 4.78 is 1.77. The molecule has 2 aromatic rings. The van der Waals surface area contributed by atoms with Gasteiger partial charge in [0.1, 0.15) is 12.4 Å². The van der Waals surface area contributed by atoms with Crippen molar-refractivity contribution in [2.24, 2.45) is 0 Å². The second-order valence-electron chi connectivity index (χ2n) is 4.21. The van der Waals surface area contributed by atoms with Crippen molar-refractivity contribution in [3.05, 3.63) is 29.6 Å². The lowest BCUT2D eigenvalue weighted by Gasteiger charge is -2.06. The van der Waals surface area contributed by atoms with Crippen LogP contribution in [0.2, 0.25) is 0 Å². The van der Waals surface area contributed by atoms with Crippen molar-refractivity contribution in [2.45, 2.75) is 20.4 Å². The van der Waals surface area contributed by atoms with Crippen LogP contribution in [0, 0.1) is 6.92 Å². The predicted molar refractivity (Wildman–Crippen MR) is 70.1 cm³/mol. The van der Waals surface area contributed by atoms with E-state index < -0.39 is 5.97 Å². The lowest BCUT2D eigenvalue weighted by Crippen LogP contribution is -2.27. The third-order valence-electron chi connectivity index (χ3n) is 2.86. The number of nitrogens with zero attached hydrogens (tertiary/aromatic N) is 2. The number of benzene rings is 1. The summed E-state index contributed by atoms with van der Waals surface area (Å²) >= 11 is 0. The second-order valence-corrected chi connectivity index (χ2v) is 4.21. The quantitative estimate of drug-likeness (QED) is 0.865. The second kappa shape index (κ2) is 5.09. The number of carbonyl (C=O) groups is 2. The highest BCUT2D eigenvalue weighted by molar-refractivity contribution is 5.92. The normalized spacial score (nSPS) is 10.6. The molecule has 6 heteroatoms. The van der Waals surface area contributed by atoms with Crippen LogP contribution in [-0.4, -0.2) is 33.1 Å². The molecule has 0 saturated carbocycles. The smallest absolute Gasteiger partial charge is 0.335 e. The molecule has 0 saturated heterocycles. The van der Waals surface area contributed by atoms with Crippen molar-refractivity contribution in [3.8, 4) is 0 Å². The van der Waals surface area contributed by atoms with Crippen LogP contribution < -0.4 is 5.32 Å². The van der Waals surface area contributed by atoms with Crippen molar-refractivity contribution in [1.82, 2.24) is 14.9 Å². The van der Waals surface area contributed by atoms with E-state index >= 15 is 0 Å². The monoisotopic (exact) mass is 261 g/mol. The third-order valence-corrected chi connectivity index (χ3v) is 2.86. The summed E-state index contributed by atoms with van der Waals surface area (Å²) in [4.78, 5) is 26.8. The molecule has 1 heterocycles. The highest BCUT2D eigenvalue weighted by Crippen LogP contribution is 2.17. The molecule has 0 bridgehead atoms. The van der Waals surface area contributed by atoms with Crippen LogP contribution in [0.5, 0.6) is 0 Å². The van der Waals surface area contributed by atoms with Gasteiger partial charge in [0.05, 0.1) is 16.6 Å². The molecule has 0 aliphatic heterocycles. The number of carboxylic acid groups (broad SMARTS) is 1. The Morgan fingerprint density at radius 1 is 1.42 bits per heavy atom. The van der Waals surface area contributed by atoms with Gasteiger partial charge >= 0.3 is 5.97 Å². The fourth-order valence-corrected chi connectivity index (χ4v) is 1.98. The number of amides is 1. The average Bonchev–Trinajstić information content (AvgIpc) is 2.65. The first-order valence-corrected chi connectivity index (χ1v) is 5.99. The number of aromatic carboxylic acids is 1. The van der Waals surface area contributed by atoms with Crippen LogP contribution >= 0.6 is 0 Å². The van der Waals surface area contributed by atoms with E-state index in [4.69, 9.17) is 5.11 Å². The standard InChI is InChI=1S/C13H15N3O3/c1-3-14-12(17)7-16-8(2)15-10-6-9(13(18)19)4-5-11(10)16/h4-6H,3,7H2,1-2H3,(H,14,17)(H,18,19). The number of hydrogen-bond acceptors (Lipinski definition) is 3. The minimum Gasteiger partial charge on any atom is -0.478 e. The minimum absolute atomic E-state index is 0.0905. The zero-order valence-corrected chi connectivity index (χ0v) is 10.8. The number of aryl methyl sites for hydroxylation is 1. The van der Waals surface area contributed by atoms with E-state index in [-0.39, 0.29) is 18.0 Å². The Labute approximate surface area is 110 Å². The van der Waals surface area contributed by atoms with Gasteiger partial charge in [-0.15, -0.1) is 0 Å². The molecule has 0 fully saturated rings. The SMILES string of the molecule is CCNC(=O)Cn1c(C)nc2cc(C(=O)O)ccc21. The Kier molecular flexibility index (Phi) is 3.50. The minimum atomic E-state index is -0.988. The van der Waals surface area contributed by atoms with Crippen LogP contribution in [0.3, 0.4) is 0 Å². The zero-order chi connectivity index (χ0) is 14.0. The van der Waals surface area contributed by atoms with Crippen LogP contribution in [0.1, 0.15) is 23.1 Å². The largest absolute Gasteiger partial charge is 0.478 e. The maximum Gasteiger partial charge on any atom is 0.335 e.